The minimum absolute atomic E-state index is 0.0231. The molecule has 130 valence electrons. The maximum Gasteiger partial charge on any atom is 0.258 e. The summed E-state index contributed by atoms with van der Waals surface area (Å²) in [5.74, 6) is -0.301. The van der Waals surface area contributed by atoms with Gasteiger partial charge in [0.2, 0.25) is 5.91 Å². The summed E-state index contributed by atoms with van der Waals surface area (Å²) in [6, 6.07) is 4.53. The van der Waals surface area contributed by atoms with E-state index in [2.05, 4.69) is 15.5 Å². The van der Waals surface area contributed by atoms with Crippen LogP contribution < -0.4 is 0 Å². The number of benzene rings is 1. The zero-order valence-corrected chi connectivity index (χ0v) is 13.7. The van der Waals surface area contributed by atoms with Crippen LogP contribution in [0.1, 0.15) is 29.6 Å². The van der Waals surface area contributed by atoms with Gasteiger partial charge in [-0.1, -0.05) is 0 Å². The van der Waals surface area contributed by atoms with Crippen molar-refractivity contribution in [3.63, 3.8) is 0 Å². The van der Waals surface area contributed by atoms with E-state index < -0.39 is 0 Å². The lowest BCUT2D eigenvalue weighted by Crippen LogP contribution is -2.42. The van der Waals surface area contributed by atoms with Crippen LogP contribution >= 0.6 is 0 Å². The summed E-state index contributed by atoms with van der Waals surface area (Å²) < 4.78 is 1.42. The van der Waals surface area contributed by atoms with Gasteiger partial charge in [-0.25, -0.2) is 4.68 Å². The average molecular weight is 342 g/mol. The molecule has 2 saturated heterocycles. The van der Waals surface area contributed by atoms with Gasteiger partial charge >= 0.3 is 0 Å². The van der Waals surface area contributed by atoms with E-state index in [4.69, 9.17) is 0 Å². The second-order valence-corrected chi connectivity index (χ2v) is 6.53. The molecule has 1 aromatic carbocycles. The first kappa shape index (κ1) is 15.6. The standard InChI is InChI=1S/C16H18N6O3/c1-20-8-12-3-2-11(7-15(20)24)22(12)16(25)13-6-10(4-5-14(13)23)21-9-17-18-19-21/h4-6,9,11-12,23H,2-3,7-8H2,1H3/t11-,12+/m1/s1. The van der Waals surface area contributed by atoms with Gasteiger partial charge in [0, 0.05) is 32.1 Å². The topological polar surface area (TPSA) is 104 Å². The second-order valence-electron chi connectivity index (χ2n) is 6.53. The number of aromatic nitrogens is 4. The Morgan fingerprint density at radius 2 is 2.08 bits per heavy atom. The number of amides is 2. The molecule has 0 aliphatic carbocycles. The number of likely N-dealkylation sites (N-methyl/N-ethyl adjacent to an activating group) is 1. The van der Waals surface area contributed by atoms with Crippen LogP contribution in [0.25, 0.3) is 5.69 Å². The van der Waals surface area contributed by atoms with Gasteiger partial charge in [-0.05, 0) is 41.5 Å². The van der Waals surface area contributed by atoms with Gasteiger partial charge < -0.3 is 14.9 Å². The van der Waals surface area contributed by atoms with Crippen molar-refractivity contribution < 1.29 is 14.7 Å². The third-order valence-electron chi connectivity index (χ3n) is 5.00. The number of carbonyl (C=O) groups is 2. The highest BCUT2D eigenvalue weighted by Crippen LogP contribution is 2.33. The Hall–Kier alpha value is -2.97. The fourth-order valence-electron chi connectivity index (χ4n) is 3.70. The summed E-state index contributed by atoms with van der Waals surface area (Å²) in [5, 5.41) is 21.2. The number of aromatic hydroxyl groups is 1. The van der Waals surface area contributed by atoms with E-state index in [0.717, 1.165) is 12.8 Å². The molecule has 0 saturated carbocycles. The molecule has 1 aromatic heterocycles. The minimum atomic E-state index is -0.261. The Bertz CT molecular complexity index is 821. The molecule has 2 aliphatic rings. The molecule has 4 rings (SSSR count). The fourth-order valence-corrected chi connectivity index (χ4v) is 3.70. The summed E-state index contributed by atoms with van der Waals surface area (Å²) in [6.07, 6.45) is 3.42. The monoisotopic (exact) mass is 342 g/mol. The zero-order chi connectivity index (χ0) is 17.6. The largest absolute Gasteiger partial charge is 0.507 e. The molecule has 2 fully saturated rings. The van der Waals surface area contributed by atoms with Crippen molar-refractivity contribution >= 4 is 11.8 Å². The van der Waals surface area contributed by atoms with Crippen molar-refractivity contribution in [2.75, 3.05) is 13.6 Å². The number of carbonyl (C=O) groups excluding carboxylic acids is 2. The van der Waals surface area contributed by atoms with Gasteiger partial charge in [0.25, 0.3) is 5.91 Å². The number of fused-ring (bicyclic) bond motifs is 2. The normalized spacial score (nSPS) is 23.0. The van der Waals surface area contributed by atoms with Crippen LogP contribution in [0.4, 0.5) is 0 Å². The number of rotatable bonds is 2. The molecule has 1 N–H and O–H groups in total. The van der Waals surface area contributed by atoms with Gasteiger partial charge in [-0.15, -0.1) is 5.10 Å². The lowest BCUT2D eigenvalue weighted by molar-refractivity contribution is -0.130. The number of hydrogen-bond acceptors (Lipinski definition) is 6. The SMILES string of the molecule is CN1C[C@@H]2CC[C@H](CC1=O)N2C(=O)c1cc(-n2cnnn2)ccc1O. The van der Waals surface area contributed by atoms with E-state index in [-0.39, 0.29) is 35.2 Å². The predicted molar refractivity (Wildman–Crippen MR) is 86.1 cm³/mol. The molecule has 2 aromatic rings. The van der Waals surface area contributed by atoms with Crippen LogP contribution in [0.15, 0.2) is 24.5 Å². The summed E-state index contributed by atoms with van der Waals surface area (Å²) in [4.78, 5) is 28.7. The predicted octanol–water partition coefficient (Wildman–Crippen LogP) is 0.203. The number of likely N-dealkylation sites (tertiary alicyclic amines) is 1. The van der Waals surface area contributed by atoms with E-state index >= 15 is 0 Å². The summed E-state index contributed by atoms with van der Waals surface area (Å²) in [7, 11) is 1.77. The molecule has 2 bridgehead atoms. The molecule has 9 nitrogen and oxygen atoms in total. The van der Waals surface area contributed by atoms with Gasteiger partial charge in [0.1, 0.15) is 12.1 Å². The molecule has 0 unspecified atom stereocenters. The highest BCUT2D eigenvalue weighted by atomic mass is 16.3. The molecular formula is C16H18N6O3. The van der Waals surface area contributed by atoms with E-state index in [9.17, 15) is 14.7 Å². The number of tetrazole rings is 1. The molecule has 2 amide bonds. The molecule has 0 radical (unpaired) electrons. The van der Waals surface area contributed by atoms with Crippen molar-refractivity contribution in [2.24, 2.45) is 0 Å². The first-order chi connectivity index (χ1) is 12.0. The van der Waals surface area contributed by atoms with Crippen molar-refractivity contribution in [3.05, 3.63) is 30.1 Å². The Balaban J connectivity index is 1.69. The second kappa shape index (κ2) is 5.83. The molecule has 2 atom stereocenters. The van der Waals surface area contributed by atoms with Gasteiger partial charge in [-0.3, -0.25) is 9.59 Å². The van der Waals surface area contributed by atoms with Crippen LogP contribution in [0.3, 0.4) is 0 Å². The van der Waals surface area contributed by atoms with Gasteiger partial charge in [0.05, 0.1) is 11.3 Å². The number of phenols is 1. The van der Waals surface area contributed by atoms with Crippen LogP contribution in [-0.4, -0.2) is 72.6 Å². The lowest BCUT2D eigenvalue weighted by atomic mass is 10.1. The van der Waals surface area contributed by atoms with E-state index in [1.165, 1.54) is 17.1 Å². The number of hydrogen-bond donors (Lipinski definition) is 1. The van der Waals surface area contributed by atoms with Crippen LogP contribution in [0, 0.1) is 0 Å². The van der Waals surface area contributed by atoms with Gasteiger partial charge in [0.15, 0.2) is 0 Å². The van der Waals surface area contributed by atoms with Crippen molar-refractivity contribution in [1.82, 2.24) is 30.0 Å². The Kier molecular flexibility index (Phi) is 3.63. The highest BCUT2D eigenvalue weighted by molar-refractivity contribution is 5.98. The molecule has 2 aliphatic heterocycles. The smallest absolute Gasteiger partial charge is 0.258 e. The average Bonchev–Trinajstić information content (AvgIpc) is 3.22. The molecule has 9 heteroatoms. The fraction of sp³-hybridized carbons (Fsp3) is 0.438. The quantitative estimate of drug-likeness (QED) is 0.836. The molecular weight excluding hydrogens is 324 g/mol. The maximum absolute atomic E-state index is 13.1. The Labute approximate surface area is 143 Å². The highest BCUT2D eigenvalue weighted by Gasteiger charge is 2.42. The molecule has 0 spiro atoms. The Morgan fingerprint density at radius 3 is 2.84 bits per heavy atom. The maximum atomic E-state index is 13.1. The first-order valence-electron chi connectivity index (χ1n) is 8.17. The van der Waals surface area contributed by atoms with Crippen molar-refractivity contribution in [3.8, 4) is 11.4 Å². The third kappa shape index (κ3) is 2.61. The molecule has 3 heterocycles. The summed E-state index contributed by atoms with van der Waals surface area (Å²) >= 11 is 0. The Morgan fingerprint density at radius 1 is 1.28 bits per heavy atom. The first-order valence-corrected chi connectivity index (χ1v) is 8.17. The zero-order valence-electron chi connectivity index (χ0n) is 13.7. The number of phenolic OH excluding ortho intramolecular Hbond substituents is 1. The van der Waals surface area contributed by atoms with Crippen molar-refractivity contribution in [1.29, 1.82) is 0 Å². The number of nitrogens with zero attached hydrogens (tertiary/aromatic N) is 6. The summed E-state index contributed by atoms with van der Waals surface area (Å²) in [5.41, 5.74) is 0.781. The van der Waals surface area contributed by atoms with Crippen molar-refractivity contribution in [2.45, 2.75) is 31.3 Å². The van der Waals surface area contributed by atoms with E-state index in [1.807, 2.05) is 0 Å². The van der Waals surface area contributed by atoms with E-state index in [1.54, 1.807) is 29.0 Å². The molecule has 25 heavy (non-hydrogen) atoms. The lowest BCUT2D eigenvalue weighted by Gasteiger charge is -2.28. The van der Waals surface area contributed by atoms with Gasteiger partial charge in [-0.2, -0.15) is 0 Å². The van der Waals surface area contributed by atoms with Crippen LogP contribution in [0.2, 0.25) is 0 Å². The summed E-state index contributed by atoms with van der Waals surface area (Å²) in [6.45, 7) is 0.522. The van der Waals surface area contributed by atoms with E-state index in [0.29, 0.717) is 18.7 Å². The van der Waals surface area contributed by atoms with Crippen LogP contribution in [0.5, 0.6) is 5.75 Å². The minimum Gasteiger partial charge on any atom is -0.507 e. The third-order valence-corrected chi connectivity index (χ3v) is 5.00. The van der Waals surface area contributed by atoms with Crippen LogP contribution in [-0.2, 0) is 4.79 Å².